The quantitative estimate of drug-likeness (QED) is 0.134. The van der Waals surface area contributed by atoms with E-state index < -0.39 is 11.7 Å². The van der Waals surface area contributed by atoms with Crippen molar-refractivity contribution in [3.05, 3.63) is 125 Å². The maximum absolute atomic E-state index is 12.6. The number of halogens is 3. The summed E-state index contributed by atoms with van der Waals surface area (Å²) in [6.45, 7) is 1.71. The van der Waals surface area contributed by atoms with Gasteiger partial charge in [0.1, 0.15) is 12.4 Å². The predicted octanol–water partition coefficient (Wildman–Crippen LogP) is 7.57. The molecule has 0 spiro atoms. The van der Waals surface area contributed by atoms with Gasteiger partial charge in [0, 0.05) is 5.56 Å². The van der Waals surface area contributed by atoms with Gasteiger partial charge in [-0.15, -0.1) is 0 Å². The second kappa shape index (κ2) is 11.6. The van der Waals surface area contributed by atoms with E-state index in [0.717, 1.165) is 28.8 Å². The zero-order chi connectivity index (χ0) is 26.3. The van der Waals surface area contributed by atoms with E-state index in [1.54, 1.807) is 43.3 Å². The molecular weight excluding hydrogens is 479 g/mol. The van der Waals surface area contributed by atoms with Crippen LogP contribution in [-0.2, 0) is 17.6 Å². The fourth-order valence-corrected chi connectivity index (χ4v) is 3.55. The van der Waals surface area contributed by atoms with Crippen molar-refractivity contribution in [2.45, 2.75) is 19.7 Å². The van der Waals surface area contributed by atoms with Crippen LogP contribution in [-0.4, -0.2) is 18.1 Å². The molecule has 4 aromatic carbocycles. The van der Waals surface area contributed by atoms with Crippen molar-refractivity contribution in [3.8, 4) is 16.9 Å². The van der Waals surface area contributed by atoms with Crippen LogP contribution in [0.4, 0.5) is 13.2 Å². The molecule has 0 aliphatic heterocycles. The lowest BCUT2D eigenvalue weighted by Crippen LogP contribution is -2.11. The monoisotopic (exact) mass is 503 g/mol. The van der Waals surface area contributed by atoms with Gasteiger partial charge in [-0.2, -0.15) is 13.2 Å². The van der Waals surface area contributed by atoms with Crippen LogP contribution in [0.3, 0.4) is 0 Å². The normalized spacial score (nSPS) is 11.7. The minimum absolute atomic E-state index is 0.0467. The van der Waals surface area contributed by atoms with Crippen molar-refractivity contribution in [3.63, 3.8) is 0 Å². The molecule has 4 nitrogen and oxygen atoms in total. The topological polar surface area (TPSA) is 47.9 Å². The van der Waals surface area contributed by atoms with E-state index >= 15 is 0 Å². The molecule has 37 heavy (non-hydrogen) atoms. The molecular formula is C30H24F3NO3. The molecule has 188 valence electrons. The Hall–Kier alpha value is -4.39. The van der Waals surface area contributed by atoms with Crippen molar-refractivity contribution in [2.75, 3.05) is 6.61 Å². The summed E-state index contributed by atoms with van der Waals surface area (Å²) in [4.78, 5) is 17.8. The highest BCUT2D eigenvalue weighted by Crippen LogP contribution is 2.29. The lowest BCUT2D eigenvalue weighted by Gasteiger charge is -2.08. The lowest BCUT2D eigenvalue weighted by molar-refractivity contribution is -0.137. The Bertz CT molecular complexity index is 1350. The van der Waals surface area contributed by atoms with Crippen LogP contribution in [0.5, 0.6) is 5.75 Å². The van der Waals surface area contributed by atoms with E-state index in [4.69, 9.17) is 9.57 Å². The number of ether oxygens (including phenoxy) is 1. The van der Waals surface area contributed by atoms with E-state index in [9.17, 15) is 18.0 Å². The third-order valence-electron chi connectivity index (χ3n) is 5.67. The molecule has 0 N–H and O–H groups in total. The molecule has 0 aromatic heterocycles. The maximum Gasteiger partial charge on any atom is 0.416 e. The van der Waals surface area contributed by atoms with Gasteiger partial charge in [0.05, 0.1) is 11.3 Å². The molecule has 0 radical (unpaired) electrons. The number of nitrogens with zero attached hydrogens (tertiary/aromatic N) is 1. The summed E-state index contributed by atoms with van der Waals surface area (Å²) in [6.07, 6.45) is -4.37. The molecule has 0 unspecified atom stereocenters. The second-order valence-corrected chi connectivity index (χ2v) is 8.32. The van der Waals surface area contributed by atoms with Crippen molar-refractivity contribution < 1.29 is 27.5 Å². The minimum Gasteiger partial charge on any atom is -0.485 e. The van der Waals surface area contributed by atoms with Gasteiger partial charge >= 0.3 is 6.18 Å². The molecule has 0 saturated heterocycles. The third kappa shape index (κ3) is 7.07. The number of carbonyl (C=O) groups is 1. The van der Waals surface area contributed by atoms with Gasteiger partial charge in [-0.3, -0.25) is 4.79 Å². The fraction of sp³-hybridized carbons (Fsp3) is 0.133. The number of alkyl halides is 3. The molecule has 0 atom stereocenters. The van der Waals surface area contributed by atoms with Gasteiger partial charge in [0.2, 0.25) is 0 Å². The van der Waals surface area contributed by atoms with Crippen molar-refractivity contribution in [1.82, 2.24) is 0 Å². The molecule has 7 heteroatoms. The summed E-state index contributed by atoms with van der Waals surface area (Å²) in [5, 5.41) is 4.03. The molecule has 0 fully saturated rings. The number of Topliss-reactive ketones (excluding diaryl/α,β-unsaturated/α-hetero) is 1. The molecule has 0 aliphatic rings. The van der Waals surface area contributed by atoms with Crippen LogP contribution < -0.4 is 4.74 Å². The number of hydrogen-bond donors (Lipinski definition) is 0. The number of hydrogen-bond acceptors (Lipinski definition) is 4. The first-order chi connectivity index (χ1) is 17.8. The Balaban J connectivity index is 1.27. The third-order valence-corrected chi connectivity index (χ3v) is 5.67. The molecule has 0 heterocycles. The Morgan fingerprint density at radius 1 is 0.757 bits per heavy atom. The first-order valence-electron chi connectivity index (χ1n) is 11.5. The van der Waals surface area contributed by atoms with Crippen LogP contribution in [0.15, 0.2) is 108 Å². The number of benzene rings is 4. The van der Waals surface area contributed by atoms with Crippen LogP contribution in [0, 0.1) is 0 Å². The van der Waals surface area contributed by atoms with E-state index in [1.807, 2.05) is 42.5 Å². The van der Waals surface area contributed by atoms with Crippen LogP contribution in [0.2, 0.25) is 0 Å². The number of carbonyl (C=O) groups excluding carboxylic acids is 1. The molecule has 0 bridgehead atoms. The highest BCUT2D eigenvalue weighted by atomic mass is 19.4. The number of rotatable bonds is 9. The van der Waals surface area contributed by atoms with Gasteiger partial charge in [-0.1, -0.05) is 71.9 Å². The van der Waals surface area contributed by atoms with E-state index in [2.05, 4.69) is 5.16 Å². The average Bonchev–Trinajstić information content (AvgIpc) is 2.92. The van der Waals surface area contributed by atoms with Crippen LogP contribution in [0.25, 0.3) is 11.1 Å². The second-order valence-electron chi connectivity index (χ2n) is 8.32. The number of oxime groups is 1. The predicted molar refractivity (Wildman–Crippen MR) is 137 cm³/mol. The molecule has 0 aliphatic carbocycles. The van der Waals surface area contributed by atoms with Gasteiger partial charge in [-0.25, -0.2) is 0 Å². The molecule has 4 aromatic rings. The van der Waals surface area contributed by atoms with E-state index in [0.29, 0.717) is 22.6 Å². The summed E-state index contributed by atoms with van der Waals surface area (Å²) < 4.78 is 43.6. The first-order valence-corrected chi connectivity index (χ1v) is 11.5. The van der Waals surface area contributed by atoms with Crippen molar-refractivity contribution in [2.24, 2.45) is 5.16 Å². The summed E-state index contributed by atoms with van der Waals surface area (Å²) in [5.41, 5.74) is 3.93. The standard InChI is InChI=1S/C30H24F3NO3/c1-21(34-37-19-22-7-15-27(16-8-22)30(31,32)33)23-13-17-28(18-14-23)36-20-29(35)26-11-9-25(10-12-26)24-5-3-2-4-6-24/h2-18H,19-20H2,1H3/b34-21+. The Morgan fingerprint density at radius 3 is 1.97 bits per heavy atom. The Labute approximate surface area is 213 Å². The Morgan fingerprint density at radius 2 is 1.35 bits per heavy atom. The summed E-state index contributed by atoms with van der Waals surface area (Å²) in [7, 11) is 0. The lowest BCUT2D eigenvalue weighted by atomic mass is 10.0. The summed E-state index contributed by atoms with van der Waals surface area (Å²) in [5.74, 6) is 0.412. The summed E-state index contributed by atoms with van der Waals surface area (Å²) in [6, 6.07) is 29.1. The first kappa shape index (κ1) is 25.7. The highest BCUT2D eigenvalue weighted by Gasteiger charge is 2.29. The fourth-order valence-electron chi connectivity index (χ4n) is 3.55. The minimum atomic E-state index is -4.37. The number of ketones is 1. The largest absolute Gasteiger partial charge is 0.485 e. The summed E-state index contributed by atoms with van der Waals surface area (Å²) >= 11 is 0. The molecule has 0 saturated carbocycles. The Kier molecular flexibility index (Phi) is 8.03. The van der Waals surface area contributed by atoms with Crippen LogP contribution in [0.1, 0.15) is 34.0 Å². The average molecular weight is 504 g/mol. The highest BCUT2D eigenvalue weighted by molar-refractivity contribution is 5.98. The van der Waals surface area contributed by atoms with Crippen LogP contribution >= 0.6 is 0 Å². The smallest absolute Gasteiger partial charge is 0.416 e. The van der Waals surface area contributed by atoms with Gasteiger partial charge in [0.15, 0.2) is 12.4 Å². The zero-order valence-electron chi connectivity index (χ0n) is 20.0. The molecule has 4 rings (SSSR count). The maximum atomic E-state index is 12.6. The zero-order valence-corrected chi connectivity index (χ0v) is 20.0. The van der Waals surface area contributed by atoms with E-state index in [1.165, 1.54) is 12.1 Å². The van der Waals surface area contributed by atoms with Gasteiger partial charge in [-0.05, 0) is 65.6 Å². The van der Waals surface area contributed by atoms with Gasteiger partial charge < -0.3 is 9.57 Å². The SMILES string of the molecule is C/C(=N\OCc1ccc(C(F)(F)F)cc1)c1ccc(OCC(=O)c2ccc(-c3ccccc3)cc2)cc1. The molecule has 0 amide bonds. The van der Waals surface area contributed by atoms with Crippen molar-refractivity contribution in [1.29, 1.82) is 0 Å². The van der Waals surface area contributed by atoms with E-state index in [-0.39, 0.29) is 19.0 Å². The van der Waals surface area contributed by atoms with Crippen molar-refractivity contribution >= 4 is 11.5 Å². The van der Waals surface area contributed by atoms with Gasteiger partial charge in [0.25, 0.3) is 0 Å².